The van der Waals surface area contributed by atoms with Crippen molar-refractivity contribution in [1.29, 1.82) is 0 Å². The van der Waals surface area contributed by atoms with Gasteiger partial charge in [-0.15, -0.1) is 0 Å². The SMILES string of the molecule is CCCNC(=O)C1CC(C)(NC(=O)Nc2ccccc2C)c2nc(B3Oc4ccccc4O3)c(NCc3cccc(C(F)(F)F)c3)c(=O)n21. The molecule has 4 N–H and O–H groups in total. The van der Waals surface area contributed by atoms with E-state index < -0.39 is 47.9 Å². The maximum absolute atomic E-state index is 14.5. The van der Waals surface area contributed by atoms with Gasteiger partial charge >= 0.3 is 19.3 Å². The van der Waals surface area contributed by atoms with Crippen molar-refractivity contribution in [1.82, 2.24) is 20.2 Å². The number of para-hydroxylation sites is 3. The molecule has 0 spiro atoms. The molecule has 3 heterocycles. The minimum absolute atomic E-state index is 0.00128. The summed E-state index contributed by atoms with van der Waals surface area (Å²) in [5.74, 6) is 0.425. The first-order valence-electron chi connectivity index (χ1n) is 15.8. The monoisotopic (exact) mass is 674 g/mol. The van der Waals surface area contributed by atoms with Gasteiger partial charge in [-0.25, -0.2) is 9.78 Å². The lowest BCUT2D eigenvalue weighted by Crippen LogP contribution is -2.51. The lowest BCUT2D eigenvalue weighted by molar-refractivity contribution is -0.137. The van der Waals surface area contributed by atoms with Crippen molar-refractivity contribution in [2.45, 2.75) is 57.9 Å². The van der Waals surface area contributed by atoms with Crippen molar-refractivity contribution >= 4 is 36.0 Å². The molecule has 0 fully saturated rings. The summed E-state index contributed by atoms with van der Waals surface area (Å²) in [6.07, 6.45) is -3.93. The molecule has 0 radical (unpaired) electrons. The molecule has 6 rings (SSSR count). The van der Waals surface area contributed by atoms with Crippen molar-refractivity contribution in [2.75, 3.05) is 17.2 Å². The average molecular weight is 674 g/mol. The van der Waals surface area contributed by atoms with Crippen LogP contribution in [0.3, 0.4) is 0 Å². The van der Waals surface area contributed by atoms with E-state index in [0.717, 1.165) is 17.7 Å². The Bertz CT molecular complexity index is 1950. The van der Waals surface area contributed by atoms with Crippen molar-refractivity contribution in [3.05, 3.63) is 106 Å². The molecule has 2 atom stereocenters. The van der Waals surface area contributed by atoms with Gasteiger partial charge in [-0.2, -0.15) is 13.2 Å². The minimum atomic E-state index is -4.56. The quantitative estimate of drug-likeness (QED) is 0.186. The summed E-state index contributed by atoms with van der Waals surface area (Å²) in [4.78, 5) is 46.3. The van der Waals surface area contributed by atoms with Crippen LogP contribution in [0.5, 0.6) is 11.5 Å². The molecule has 15 heteroatoms. The summed E-state index contributed by atoms with van der Waals surface area (Å²) in [6, 6.07) is 17.1. The number of alkyl halides is 3. The van der Waals surface area contributed by atoms with Gasteiger partial charge < -0.3 is 30.6 Å². The Morgan fingerprint density at radius 3 is 2.41 bits per heavy atom. The van der Waals surface area contributed by atoms with E-state index in [1.807, 2.05) is 26.0 Å². The number of rotatable bonds is 9. The summed E-state index contributed by atoms with van der Waals surface area (Å²) in [5, 5.41) is 11.5. The second-order valence-corrected chi connectivity index (χ2v) is 12.2. The third-order valence-corrected chi connectivity index (χ3v) is 8.45. The Morgan fingerprint density at radius 1 is 1.04 bits per heavy atom. The standard InChI is InChI=1S/C34H34BF3N6O5/c1-4-16-39-29(45)24-18-33(3,43-32(47)41-23-13-6-5-10-20(23)2)31-42-28(35-48-25-14-7-8-15-26(25)49-35)27(30(46)44(24)31)40-19-21-11-9-12-22(17-21)34(36,37)38/h5-15,17,24,40H,4,16,18-19H2,1-3H3,(H,39,45)(H2,41,43,47). The number of hydrogen-bond acceptors (Lipinski definition) is 7. The van der Waals surface area contributed by atoms with Crippen molar-refractivity contribution < 1.29 is 32.1 Å². The average Bonchev–Trinajstić information content (AvgIpc) is 3.63. The van der Waals surface area contributed by atoms with Gasteiger partial charge in [0.1, 0.15) is 34.6 Å². The molecular formula is C34H34BF3N6O5. The van der Waals surface area contributed by atoms with Gasteiger partial charge in [0, 0.05) is 25.2 Å². The fourth-order valence-electron chi connectivity index (χ4n) is 5.99. The number of benzene rings is 3. The van der Waals surface area contributed by atoms with Gasteiger partial charge in [-0.1, -0.05) is 49.4 Å². The largest absolute Gasteiger partial charge is 0.655 e. The van der Waals surface area contributed by atoms with E-state index in [0.29, 0.717) is 30.2 Å². The van der Waals surface area contributed by atoms with E-state index in [1.54, 1.807) is 43.3 Å². The number of fused-ring (bicyclic) bond motifs is 2. The Hall–Kier alpha value is -5.47. The van der Waals surface area contributed by atoms with E-state index in [4.69, 9.17) is 14.3 Å². The van der Waals surface area contributed by atoms with Gasteiger partial charge in [0.25, 0.3) is 5.56 Å². The number of aromatic nitrogens is 2. The summed E-state index contributed by atoms with van der Waals surface area (Å²) in [5.41, 5.74) is -1.33. The number of carbonyl (C=O) groups excluding carboxylic acids is 2. The van der Waals surface area contributed by atoms with Gasteiger partial charge in [0.2, 0.25) is 5.91 Å². The molecule has 2 aliphatic heterocycles. The van der Waals surface area contributed by atoms with E-state index in [9.17, 15) is 27.6 Å². The lowest BCUT2D eigenvalue weighted by Gasteiger charge is -2.26. The molecule has 4 aromatic rings. The second-order valence-electron chi connectivity index (χ2n) is 12.2. The zero-order valence-electron chi connectivity index (χ0n) is 27.0. The van der Waals surface area contributed by atoms with Crippen LogP contribution in [0.1, 0.15) is 55.2 Å². The van der Waals surface area contributed by atoms with E-state index in [2.05, 4.69) is 21.3 Å². The Kier molecular flexibility index (Phi) is 9.01. The number of hydrogen-bond donors (Lipinski definition) is 4. The van der Waals surface area contributed by atoms with Crippen LogP contribution in [0.2, 0.25) is 0 Å². The fourth-order valence-corrected chi connectivity index (χ4v) is 5.99. The van der Waals surface area contributed by atoms with Crippen LogP contribution in [0, 0.1) is 6.92 Å². The van der Waals surface area contributed by atoms with Crippen LogP contribution in [-0.2, 0) is 23.1 Å². The maximum atomic E-state index is 14.5. The lowest BCUT2D eigenvalue weighted by atomic mass is 9.82. The molecular weight excluding hydrogens is 640 g/mol. The molecule has 254 valence electrons. The molecule has 3 aromatic carbocycles. The number of amides is 3. The zero-order valence-corrected chi connectivity index (χ0v) is 27.0. The summed E-state index contributed by atoms with van der Waals surface area (Å²) in [6.45, 7) is 5.57. The van der Waals surface area contributed by atoms with Crippen LogP contribution < -0.4 is 41.7 Å². The Labute approximate surface area is 280 Å². The Balaban J connectivity index is 1.43. The summed E-state index contributed by atoms with van der Waals surface area (Å²) < 4.78 is 53.7. The predicted octanol–water partition coefficient (Wildman–Crippen LogP) is 4.86. The highest BCUT2D eigenvalue weighted by atomic mass is 19.4. The molecule has 1 aromatic heterocycles. The molecule has 0 saturated heterocycles. The first kappa shape index (κ1) is 33.4. The maximum Gasteiger partial charge on any atom is 0.655 e. The molecule has 49 heavy (non-hydrogen) atoms. The number of urea groups is 1. The normalized spacial score (nSPS) is 17.8. The van der Waals surface area contributed by atoms with E-state index in [1.165, 1.54) is 16.7 Å². The van der Waals surface area contributed by atoms with Crippen LogP contribution in [-0.4, -0.2) is 35.2 Å². The van der Waals surface area contributed by atoms with E-state index in [-0.39, 0.29) is 35.6 Å². The number of nitrogens with zero attached hydrogens (tertiary/aromatic N) is 2. The van der Waals surface area contributed by atoms with Crippen LogP contribution in [0.4, 0.5) is 29.3 Å². The third kappa shape index (κ3) is 6.78. The third-order valence-electron chi connectivity index (χ3n) is 8.45. The van der Waals surface area contributed by atoms with Crippen molar-refractivity contribution in [2.24, 2.45) is 0 Å². The molecule has 3 amide bonds. The summed E-state index contributed by atoms with van der Waals surface area (Å²) >= 11 is 0. The van der Waals surface area contributed by atoms with Crippen molar-refractivity contribution in [3.8, 4) is 11.5 Å². The molecule has 0 saturated carbocycles. The van der Waals surface area contributed by atoms with Gasteiger partial charge in [0.15, 0.2) is 0 Å². The second kappa shape index (κ2) is 13.2. The van der Waals surface area contributed by atoms with Crippen molar-refractivity contribution in [3.63, 3.8) is 0 Å². The molecule has 2 unspecified atom stereocenters. The van der Waals surface area contributed by atoms with Crippen LogP contribution in [0.25, 0.3) is 0 Å². The molecule has 0 aliphatic carbocycles. The van der Waals surface area contributed by atoms with Gasteiger partial charge in [-0.3, -0.25) is 14.2 Å². The first-order valence-corrected chi connectivity index (χ1v) is 15.8. The predicted molar refractivity (Wildman–Crippen MR) is 178 cm³/mol. The smallest absolute Gasteiger partial charge is 0.518 e. The molecule has 11 nitrogen and oxygen atoms in total. The number of carbonyl (C=O) groups is 2. The molecule has 0 bridgehead atoms. The fraction of sp³-hybridized carbons (Fsp3) is 0.294. The number of halogens is 3. The highest BCUT2D eigenvalue weighted by Gasteiger charge is 2.50. The number of nitrogens with one attached hydrogen (secondary N) is 4. The highest BCUT2D eigenvalue weighted by Crippen LogP contribution is 2.38. The number of anilines is 2. The van der Waals surface area contributed by atoms with Gasteiger partial charge in [-0.05, 0) is 61.7 Å². The first-order chi connectivity index (χ1) is 23.4. The zero-order chi connectivity index (χ0) is 34.9. The molecule has 2 aliphatic rings. The minimum Gasteiger partial charge on any atom is -0.518 e. The van der Waals surface area contributed by atoms with Crippen LogP contribution in [0.15, 0.2) is 77.6 Å². The van der Waals surface area contributed by atoms with Crippen LogP contribution >= 0.6 is 0 Å². The topological polar surface area (TPSA) is 136 Å². The van der Waals surface area contributed by atoms with Gasteiger partial charge in [0.05, 0.1) is 11.1 Å². The highest BCUT2D eigenvalue weighted by molar-refractivity contribution is 6.64. The number of aryl methyl sites for hydroxylation is 1. The summed E-state index contributed by atoms with van der Waals surface area (Å²) in [7, 11) is -1.22. The van der Waals surface area contributed by atoms with E-state index >= 15 is 0 Å². The Morgan fingerprint density at radius 2 is 1.73 bits per heavy atom.